The van der Waals surface area contributed by atoms with Crippen molar-refractivity contribution >= 4 is 0 Å². The monoisotopic (exact) mass is 501 g/mol. The highest BCUT2D eigenvalue weighted by Crippen LogP contribution is 2.61. The minimum atomic E-state index is -0.605. The van der Waals surface area contributed by atoms with E-state index in [2.05, 4.69) is 102 Å². The first-order valence-electron chi connectivity index (χ1n) is 13.1. The molecule has 1 spiro atoms. The summed E-state index contributed by atoms with van der Waals surface area (Å²) in [6.07, 6.45) is 1.82. The highest BCUT2D eigenvalue weighted by molar-refractivity contribution is 5.79. The van der Waals surface area contributed by atoms with E-state index in [1.165, 1.54) is 0 Å². The van der Waals surface area contributed by atoms with E-state index in [1.54, 1.807) is 0 Å². The Morgan fingerprint density at radius 1 is 0.410 bits per heavy atom. The van der Waals surface area contributed by atoms with Gasteiger partial charge in [0.2, 0.25) is 0 Å². The van der Waals surface area contributed by atoms with E-state index in [4.69, 9.17) is 9.47 Å². The molecule has 5 aromatic carbocycles. The maximum atomic E-state index is 6.79. The average Bonchev–Trinajstić information content (AvgIpc) is 3.01. The topological polar surface area (TPSA) is 31.4 Å². The summed E-state index contributed by atoms with van der Waals surface area (Å²) < 4.78 is 13.3. The minimum absolute atomic E-state index is 0.605. The van der Waals surface area contributed by atoms with Gasteiger partial charge in [0.15, 0.2) is 0 Å². The first-order chi connectivity index (χ1) is 19.3. The fourth-order valence-electron chi connectivity index (χ4n) is 6.17. The molecule has 0 atom stereocenters. The highest BCUT2D eigenvalue weighted by atomic mass is 16.5. The first-order valence-corrected chi connectivity index (χ1v) is 13.1. The van der Waals surface area contributed by atoms with Gasteiger partial charge < -0.3 is 9.47 Å². The number of aromatic nitrogens is 1. The first kappa shape index (κ1) is 21.9. The molecule has 8 rings (SSSR count). The van der Waals surface area contributed by atoms with Crippen molar-refractivity contribution in [1.29, 1.82) is 0 Å². The predicted molar refractivity (Wildman–Crippen MR) is 154 cm³/mol. The molecule has 3 heterocycles. The van der Waals surface area contributed by atoms with E-state index in [0.717, 1.165) is 67.6 Å². The van der Waals surface area contributed by atoms with Crippen molar-refractivity contribution in [1.82, 2.24) is 4.98 Å². The van der Waals surface area contributed by atoms with Crippen molar-refractivity contribution in [3.63, 3.8) is 0 Å². The summed E-state index contributed by atoms with van der Waals surface area (Å²) in [4.78, 5) is 4.60. The Hall–Kier alpha value is -5.15. The van der Waals surface area contributed by atoms with Crippen molar-refractivity contribution in [3.05, 3.63) is 162 Å². The Morgan fingerprint density at radius 3 is 1.62 bits per heavy atom. The molecule has 0 unspecified atom stereocenters. The molecule has 3 heteroatoms. The molecular formula is C36H23NO2. The normalized spacial score (nSPS) is 13.7. The van der Waals surface area contributed by atoms with Crippen LogP contribution in [0.15, 0.2) is 140 Å². The summed E-state index contributed by atoms with van der Waals surface area (Å²) in [5.74, 6) is 3.38. The van der Waals surface area contributed by atoms with Crippen molar-refractivity contribution in [3.8, 4) is 45.4 Å². The number of ether oxygens (including phenoxy) is 2. The van der Waals surface area contributed by atoms with E-state index in [9.17, 15) is 0 Å². The number of para-hydroxylation sites is 2. The lowest BCUT2D eigenvalue weighted by atomic mass is 9.62. The van der Waals surface area contributed by atoms with E-state index >= 15 is 0 Å². The lowest BCUT2D eigenvalue weighted by Gasteiger charge is -2.45. The van der Waals surface area contributed by atoms with Gasteiger partial charge in [0.05, 0.1) is 11.1 Å². The van der Waals surface area contributed by atoms with Crippen molar-refractivity contribution in [2.24, 2.45) is 0 Å². The smallest absolute Gasteiger partial charge is 0.132 e. The number of rotatable bonds is 2. The average molecular weight is 502 g/mol. The number of hydrogen-bond donors (Lipinski definition) is 0. The van der Waals surface area contributed by atoms with Crippen LogP contribution in [0.2, 0.25) is 0 Å². The van der Waals surface area contributed by atoms with Gasteiger partial charge in [0, 0.05) is 34.0 Å². The van der Waals surface area contributed by atoms with Gasteiger partial charge in [0.25, 0.3) is 0 Å². The molecule has 184 valence electrons. The third-order valence-electron chi connectivity index (χ3n) is 7.86. The second-order valence-electron chi connectivity index (χ2n) is 9.95. The third-order valence-corrected chi connectivity index (χ3v) is 7.86. The quantitative estimate of drug-likeness (QED) is 0.237. The molecule has 2 aliphatic rings. The van der Waals surface area contributed by atoms with Gasteiger partial charge >= 0.3 is 0 Å². The van der Waals surface area contributed by atoms with Gasteiger partial charge in [-0.3, -0.25) is 4.98 Å². The Morgan fingerprint density at radius 2 is 0.949 bits per heavy atom. The Bertz CT molecular complexity index is 1720. The SMILES string of the molecule is c1ccc(-c2ccc3c(c2)Oc2cc(-c4ccccn4)ccc2C32c3ccccc3Oc3ccccc32)cc1. The van der Waals surface area contributed by atoms with Crippen LogP contribution in [0.1, 0.15) is 22.3 Å². The lowest BCUT2D eigenvalue weighted by molar-refractivity contribution is 0.399. The molecule has 1 aromatic heterocycles. The van der Waals surface area contributed by atoms with Crippen LogP contribution in [0.25, 0.3) is 22.4 Å². The van der Waals surface area contributed by atoms with E-state index in [0.29, 0.717) is 0 Å². The van der Waals surface area contributed by atoms with Crippen molar-refractivity contribution < 1.29 is 9.47 Å². The standard InChI is InChI=1S/C36H23NO2/c1-2-10-24(11-3-1)25-17-19-29-34(22-25)39-35-23-26(31-14-8-9-21-37-31)18-20-30(35)36(29)27-12-4-6-15-32(27)38-33-16-7-5-13-28(33)36/h1-23H. The van der Waals surface area contributed by atoms with Gasteiger partial charge in [-0.25, -0.2) is 0 Å². The maximum Gasteiger partial charge on any atom is 0.132 e. The van der Waals surface area contributed by atoms with Crippen LogP contribution in [0.5, 0.6) is 23.0 Å². The summed E-state index contributed by atoms with van der Waals surface area (Å²) in [5.41, 5.74) is 7.98. The molecule has 0 saturated heterocycles. The molecule has 0 fully saturated rings. The number of nitrogens with zero attached hydrogens (tertiary/aromatic N) is 1. The molecule has 39 heavy (non-hydrogen) atoms. The second kappa shape index (κ2) is 8.44. The third kappa shape index (κ3) is 3.20. The fourth-order valence-corrected chi connectivity index (χ4v) is 6.17. The van der Waals surface area contributed by atoms with E-state index in [-0.39, 0.29) is 0 Å². The molecule has 0 bridgehead atoms. The molecule has 0 radical (unpaired) electrons. The second-order valence-corrected chi connectivity index (χ2v) is 9.95. The molecule has 3 nitrogen and oxygen atoms in total. The molecule has 0 N–H and O–H groups in total. The largest absolute Gasteiger partial charge is 0.457 e. The zero-order valence-corrected chi connectivity index (χ0v) is 21.0. The summed E-state index contributed by atoms with van der Waals surface area (Å²) in [6.45, 7) is 0. The number of pyridine rings is 1. The lowest BCUT2D eigenvalue weighted by Crippen LogP contribution is -2.36. The fraction of sp³-hybridized carbons (Fsp3) is 0.0278. The Labute approximate surface area is 227 Å². The van der Waals surface area contributed by atoms with Gasteiger partial charge in [-0.15, -0.1) is 0 Å². The Kier molecular flexibility index (Phi) is 4.74. The zero-order chi connectivity index (χ0) is 25.8. The van der Waals surface area contributed by atoms with Crippen LogP contribution in [-0.2, 0) is 5.41 Å². The van der Waals surface area contributed by atoms with Crippen LogP contribution in [0.3, 0.4) is 0 Å². The number of hydrogen-bond acceptors (Lipinski definition) is 3. The molecule has 6 aromatic rings. The zero-order valence-electron chi connectivity index (χ0n) is 21.0. The molecule has 0 saturated carbocycles. The highest BCUT2D eigenvalue weighted by Gasteiger charge is 2.50. The van der Waals surface area contributed by atoms with Gasteiger partial charge in [0.1, 0.15) is 23.0 Å². The van der Waals surface area contributed by atoms with Gasteiger partial charge in [-0.05, 0) is 47.5 Å². The van der Waals surface area contributed by atoms with Crippen LogP contribution in [0.4, 0.5) is 0 Å². The van der Waals surface area contributed by atoms with Gasteiger partial charge in [-0.1, -0.05) is 97.1 Å². The maximum absolute atomic E-state index is 6.79. The Balaban J connectivity index is 1.46. The molecular weight excluding hydrogens is 478 g/mol. The molecule has 0 amide bonds. The summed E-state index contributed by atoms with van der Waals surface area (Å²) in [7, 11) is 0. The predicted octanol–water partition coefficient (Wildman–Crippen LogP) is 9.01. The summed E-state index contributed by atoms with van der Waals surface area (Å²) in [5, 5.41) is 0. The van der Waals surface area contributed by atoms with Crippen LogP contribution in [-0.4, -0.2) is 4.98 Å². The van der Waals surface area contributed by atoms with Crippen LogP contribution in [0, 0.1) is 0 Å². The van der Waals surface area contributed by atoms with E-state index in [1.807, 2.05) is 42.6 Å². The minimum Gasteiger partial charge on any atom is -0.457 e. The number of fused-ring (bicyclic) bond motifs is 8. The van der Waals surface area contributed by atoms with Crippen molar-refractivity contribution in [2.75, 3.05) is 0 Å². The summed E-state index contributed by atoms with van der Waals surface area (Å²) in [6, 6.07) is 46.2. The van der Waals surface area contributed by atoms with Crippen LogP contribution < -0.4 is 9.47 Å². The van der Waals surface area contributed by atoms with Crippen LogP contribution >= 0.6 is 0 Å². The molecule has 2 aliphatic heterocycles. The number of benzene rings is 5. The van der Waals surface area contributed by atoms with Gasteiger partial charge in [-0.2, -0.15) is 0 Å². The van der Waals surface area contributed by atoms with Crippen molar-refractivity contribution in [2.45, 2.75) is 5.41 Å². The molecule has 0 aliphatic carbocycles. The van der Waals surface area contributed by atoms with E-state index < -0.39 is 5.41 Å². The summed E-state index contributed by atoms with van der Waals surface area (Å²) >= 11 is 0.